The summed E-state index contributed by atoms with van der Waals surface area (Å²) in [5.74, 6) is 0.644. The van der Waals surface area contributed by atoms with Crippen molar-refractivity contribution in [1.29, 1.82) is 0 Å². The molecular formula is C17H22Cl2N6O. The van der Waals surface area contributed by atoms with E-state index >= 15 is 0 Å². The number of carbonyl (C=O) groups is 1. The van der Waals surface area contributed by atoms with E-state index in [9.17, 15) is 4.79 Å². The Morgan fingerprint density at radius 3 is 2.73 bits per heavy atom. The fourth-order valence-electron chi connectivity index (χ4n) is 3.25. The number of pyridine rings is 1. The zero-order valence-electron chi connectivity index (χ0n) is 14.2. The Kier molecular flexibility index (Phi) is 7.02. The molecule has 0 radical (unpaired) electrons. The maximum absolute atomic E-state index is 12.6. The summed E-state index contributed by atoms with van der Waals surface area (Å²) >= 11 is 0. The molecule has 26 heavy (non-hydrogen) atoms. The van der Waals surface area contributed by atoms with Crippen molar-refractivity contribution in [1.82, 2.24) is 29.8 Å². The van der Waals surface area contributed by atoms with Crippen molar-refractivity contribution in [2.45, 2.75) is 25.4 Å². The van der Waals surface area contributed by atoms with Gasteiger partial charge < -0.3 is 15.2 Å². The van der Waals surface area contributed by atoms with Gasteiger partial charge in [0.2, 0.25) is 0 Å². The Labute approximate surface area is 164 Å². The van der Waals surface area contributed by atoms with Crippen molar-refractivity contribution in [3.05, 3.63) is 54.2 Å². The second-order valence-corrected chi connectivity index (χ2v) is 6.01. The zero-order chi connectivity index (χ0) is 16.4. The molecule has 0 atom stereocenters. The van der Waals surface area contributed by atoms with Crippen LogP contribution in [0.2, 0.25) is 0 Å². The highest BCUT2D eigenvalue weighted by molar-refractivity contribution is 5.92. The van der Waals surface area contributed by atoms with E-state index in [0.29, 0.717) is 18.3 Å². The molecule has 0 unspecified atom stereocenters. The summed E-state index contributed by atoms with van der Waals surface area (Å²) in [5.41, 5.74) is 1.48. The van der Waals surface area contributed by atoms with Crippen LogP contribution in [0.15, 0.2) is 42.7 Å². The van der Waals surface area contributed by atoms with Gasteiger partial charge in [0, 0.05) is 18.4 Å². The third-order valence-corrected chi connectivity index (χ3v) is 4.51. The van der Waals surface area contributed by atoms with Crippen LogP contribution in [-0.4, -0.2) is 38.2 Å². The Morgan fingerprint density at radius 1 is 1.12 bits per heavy atom. The summed E-state index contributed by atoms with van der Waals surface area (Å²) in [6.07, 6.45) is 5.99. The Hall–Kier alpha value is -2.09. The first kappa shape index (κ1) is 20.2. The largest absolute Gasteiger partial charge is 0.343 e. The second kappa shape index (κ2) is 9.02. The van der Waals surface area contributed by atoms with Gasteiger partial charge in [-0.15, -0.1) is 35.0 Å². The number of aromatic nitrogens is 4. The van der Waals surface area contributed by atoms with E-state index in [1.807, 2.05) is 47.1 Å². The summed E-state index contributed by atoms with van der Waals surface area (Å²) < 4.78 is 3.98. The Balaban J connectivity index is 0.00000121. The van der Waals surface area contributed by atoms with E-state index in [0.717, 1.165) is 37.4 Å². The maximum Gasteiger partial charge on any atom is 0.268 e. The molecule has 140 valence electrons. The summed E-state index contributed by atoms with van der Waals surface area (Å²) in [6, 6.07) is 9.92. The number of halogens is 2. The zero-order valence-corrected chi connectivity index (χ0v) is 15.8. The lowest BCUT2D eigenvalue weighted by Crippen LogP contribution is -2.32. The molecule has 0 spiro atoms. The number of carbonyl (C=O) groups excluding carboxylic acids is 1. The minimum absolute atomic E-state index is 0. The van der Waals surface area contributed by atoms with Crippen molar-refractivity contribution >= 4 is 36.4 Å². The van der Waals surface area contributed by atoms with Gasteiger partial charge in [-0.25, -0.2) is 0 Å². The molecule has 1 fully saturated rings. The smallest absolute Gasteiger partial charge is 0.268 e. The summed E-state index contributed by atoms with van der Waals surface area (Å²) in [5, 5.41) is 14.6. The molecular weight excluding hydrogens is 375 g/mol. The summed E-state index contributed by atoms with van der Waals surface area (Å²) in [4.78, 5) is 12.6. The number of nitrogens with one attached hydrogen (secondary N) is 2. The molecule has 1 saturated heterocycles. The number of hydrogen-bond donors (Lipinski definition) is 2. The molecule has 0 aliphatic carbocycles. The molecule has 0 saturated carbocycles. The van der Waals surface area contributed by atoms with Gasteiger partial charge >= 0.3 is 0 Å². The number of hydrogen-bond acceptors (Lipinski definition) is 4. The highest BCUT2D eigenvalue weighted by atomic mass is 35.5. The fraction of sp³-hybridized carbons (Fsp3) is 0.353. The topological polar surface area (TPSA) is 76.2 Å². The molecule has 1 aliphatic rings. The lowest BCUT2D eigenvalue weighted by atomic mass is 10.1. The number of rotatable bonds is 4. The van der Waals surface area contributed by atoms with Gasteiger partial charge in [-0.05, 0) is 50.2 Å². The molecule has 2 N–H and O–H groups in total. The first-order valence-corrected chi connectivity index (χ1v) is 8.27. The fourth-order valence-corrected chi connectivity index (χ4v) is 3.25. The van der Waals surface area contributed by atoms with E-state index in [2.05, 4.69) is 25.4 Å². The summed E-state index contributed by atoms with van der Waals surface area (Å²) in [7, 11) is 0. The second-order valence-electron chi connectivity index (χ2n) is 6.01. The monoisotopic (exact) mass is 396 g/mol. The maximum atomic E-state index is 12.6. The van der Waals surface area contributed by atoms with Crippen LogP contribution in [0.25, 0.3) is 5.65 Å². The standard InChI is InChI=1S/C17H20N6O.2ClH/c24-17(14-4-3-11-22(14)13-6-8-18-9-7-13)19-12-16-21-20-15-5-1-2-10-23(15)16;;/h1-5,10-11,13,18H,6-9,12H2,(H,19,24);2*1H. The van der Waals surface area contributed by atoms with Gasteiger partial charge in [-0.3, -0.25) is 9.20 Å². The van der Waals surface area contributed by atoms with Gasteiger partial charge in [0.15, 0.2) is 11.5 Å². The van der Waals surface area contributed by atoms with E-state index in [1.54, 1.807) is 0 Å². The first-order valence-electron chi connectivity index (χ1n) is 8.27. The minimum atomic E-state index is -0.0776. The van der Waals surface area contributed by atoms with Gasteiger partial charge in [0.25, 0.3) is 5.91 Å². The lowest BCUT2D eigenvalue weighted by Gasteiger charge is -2.25. The molecule has 0 aromatic carbocycles. The van der Waals surface area contributed by atoms with Crippen LogP contribution < -0.4 is 10.6 Å². The van der Waals surface area contributed by atoms with Crippen LogP contribution in [0.1, 0.15) is 35.2 Å². The molecule has 3 aromatic rings. The van der Waals surface area contributed by atoms with Gasteiger partial charge in [0.1, 0.15) is 5.69 Å². The van der Waals surface area contributed by atoms with Gasteiger partial charge in [0.05, 0.1) is 6.54 Å². The number of piperidine rings is 1. The first-order chi connectivity index (χ1) is 11.8. The average molecular weight is 397 g/mol. The molecule has 1 aliphatic heterocycles. The van der Waals surface area contributed by atoms with Gasteiger partial charge in [-0.1, -0.05) is 6.07 Å². The van der Waals surface area contributed by atoms with Crippen LogP contribution in [0.5, 0.6) is 0 Å². The average Bonchev–Trinajstić information content (AvgIpc) is 3.28. The highest BCUT2D eigenvalue weighted by Gasteiger charge is 2.20. The van der Waals surface area contributed by atoms with Crippen molar-refractivity contribution in [3.63, 3.8) is 0 Å². The molecule has 7 nitrogen and oxygen atoms in total. The molecule has 3 aromatic heterocycles. The van der Waals surface area contributed by atoms with Crippen LogP contribution in [-0.2, 0) is 6.54 Å². The number of amides is 1. The predicted octanol–water partition coefficient (Wildman–Crippen LogP) is 2.23. The van der Waals surface area contributed by atoms with E-state index < -0.39 is 0 Å². The highest BCUT2D eigenvalue weighted by Crippen LogP contribution is 2.21. The van der Waals surface area contributed by atoms with E-state index in [-0.39, 0.29) is 30.7 Å². The third-order valence-electron chi connectivity index (χ3n) is 4.51. The van der Waals surface area contributed by atoms with Crippen LogP contribution in [0.3, 0.4) is 0 Å². The van der Waals surface area contributed by atoms with Crippen molar-refractivity contribution < 1.29 is 4.79 Å². The molecule has 4 heterocycles. The molecule has 1 amide bonds. The lowest BCUT2D eigenvalue weighted by molar-refractivity contribution is 0.0937. The SMILES string of the molecule is Cl.Cl.O=C(NCc1nnc2ccccn12)c1cccn1C1CCNCC1. The normalized spacial score (nSPS) is 14.5. The minimum Gasteiger partial charge on any atom is -0.343 e. The van der Waals surface area contributed by atoms with Crippen LogP contribution in [0.4, 0.5) is 0 Å². The predicted molar refractivity (Wildman–Crippen MR) is 104 cm³/mol. The molecule has 9 heteroatoms. The summed E-state index contributed by atoms with van der Waals surface area (Å²) in [6.45, 7) is 2.34. The van der Waals surface area contributed by atoms with Crippen molar-refractivity contribution in [3.8, 4) is 0 Å². The Morgan fingerprint density at radius 2 is 1.92 bits per heavy atom. The quantitative estimate of drug-likeness (QED) is 0.708. The Bertz CT molecular complexity index is 856. The number of nitrogens with zero attached hydrogens (tertiary/aromatic N) is 4. The van der Waals surface area contributed by atoms with Crippen LogP contribution >= 0.6 is 24.8 Å². The van der Waals surface area contributed by atoms with Crippen molar-refractivity contribution in [2.75, 3.05) is 13.1 Å². The van der Waals surface area contributed by atoms with Crippen molar-refractivity contribution in [2.24, 2.45) is 0 Å². The van der Waals surface area contributed by atoms with E-state index in [4.69, 9.17) is 0 Å². The molecule has 4 rings (SSSR count). The number of fused-ring (bicyclic) bond motifs is 1. The van der Waals surface area contributed by atoms with E-state index in [1.165, 1.54) is 0 Å². The third kappa shape index (κ3) is 4.00. The van der Waals surface area contributed by atoms with Crippen LogP contribution in [0, 0.1) is 0 Å². The van der Waals surface area contributed by atoms with Gasteiger partial charge in [-0.2, -0.15) is 0 Å². The molecule has 0 bridgehead atoms.